The van der Waals surface area contributed by atoms with E-state index in [1.807, 2.05) is 0 Å². The van der Waals surface area contributed by atoms with Gasteiger partial charge in [0.05, 0.1) is 17.7 Å². The molecule has 0 amide bonds. The number of hydrogen-bond donors (Lipinski definition) is 0. The number of pyridine rings is 1. The van der Waals surface area contributed by atoms with E-state index in [1.165, 1.54) is 10.8 Å². The Morgan fingerprint density at radius 3 is 2.85 bits per heavy atom. The van der Waals surface area contributed by atoms with Gasteiger partial charge in [0.2, 0.25) is 0 Å². The molecular formula is C7H6N2O4. The number of rotatable bonds is 3. The van der Waals surface area contributed by atoms with E-state index in [9.17, 15) is 19.7 Å². The van der Waals surface area contributed by atoms with Crippen LogP contribution in [0.1, 0.15) is 0 Å². The summed E-state index contributed by atoms with van der Waals surface area (Å²) in [5.41, 5.74) is -1.18. The van der Waals surface area contributed by atoms with Gasteiger partial charge in [-0.2, -0.15) is 0 Å². The first-order valence-corrected chi connectivity index (χ1v) is 3.43. The van der Waals surface area contributed by atoms with Gasteiger partial charge in [-0.25, -0.2) is 0 Å². The molecule has 0 atom stereocenters. The summed E-state index contributed by atoms with van der Waals surface area (Å²) in [6.07, 6.45) is 2.95. The van der Waals surface area contributed by atoms with Gasteiger partial charge < -0.3 is 9.36 Å². The topological polar surface area (TPSA) is 82.2 Å². The van der Waals surface area contributed by atoms with Crippen LogP contribution in [0.4, 0.5) is 5.69 Å². The Morgan fingerprint density at radius 1 is 1.62 bits per heavy atom. The smallest absolute Gasteiger partial charge is 0.332 e. The van der Waals surface area contributed by atoms with Crippen molar-refractivity contribution in [2.75, 3.05) is 0 Å². The molecule has 13 heavy (non-hydrogen) atoms. The van der Waals surface area contributed by atoms with E-state index in [-0.39, 0.29) is 6.54 Å². The Labute approximate surface area is 72.6 Å². The standard InChI is InChI=1S/C7H6N2O4/c10-4-3-8-2-1-7(11)6(5-8)9(12)13/h1-2,4-5H,3H2. The van der Waals surface area contributed by atoms with Gasteiger partial charge in [0.25, 0.3) is 5.43 Å². The summed E-state index contributed by atoms with van der Waals surface area (Å²) in [6.45, 7) is 0.00111. The molecule has 1 heterocycles. The van der Waals surface area contributed by atoms with Crippen LogP contribution < -0.4 is 5.43 Å². The molecule has 68 valence electrons. The van der Waals surface area contributed by atoms with E-state index in [0.717, 1.165) is 12.3 Å². The van der Waals surface area contributed by atoms with Crippen LogP contribution in [0.25, 0.3) is 0 Å². The van der Waals surface area contributed by atoms with E-state index in [0.29, 0.717) is 6.29 Å². The fourth-order valence-electron chi connectivity index (χ4n) is 0.849. The lowest BCUT2D eigenvalue weighted by Crippen LogP contribution is -2.11. The third kappa shape index (κ3) is 1.98. The zero-order chi connectivity index (χ0) is 9.84. The summed E-state index contributed by atoms with van der Waals surface area (Å²) in [6, 6.07) is 1.06. The number of carbonyl (C=O) groups is 1. The van der Waals surface area contributed by atoms with Crippen LogP contribution in [0, 0.1) is 10.1 Å². The largest absolute Gasteiger partial charge is 0.341 e. The molecule has 0 saturated carbocycles. The first-order valence-electron chi connectivity index (χ1n) is 3.43. The van der Waals surface area contributed by atoms with Crippen molar-refractivity contribution in [2.24, 2.45) is 0 Å². The van der Waals surface area contributed by atoms with Crippen LogP contribution >= 0.6 is 0 Å². The van der Waals surface area contributed by atoms with Crippen LogP contribution in [0.5, 0.6) is 0 Å². The minimum Gasteiger partial charge on any atom is -0.341 e. The van der Waals surface area contributed by atoms with Crippen molar-refractivity contribution in [3.8, 4) is 0 Å². The second-order valence-electron chi connectivity index (χ2n) is 2.31. The fraction of sp³-hybridized carbons (Fsp3) is 0.143. The summed E-state index contributed by atoms with van der Waals surface area (Å²) >= 11 is 0. The van der Waals surface area contributed by atoms with Gasteiger partial charge in [0, 0.05) is 12.3 Å². The highest BCUT2D eigenvalue weighted by atomic mass is 16.6. The molecule has 0 N–H and O–H groups in total. The van der Waals surface area contributed by atoms with Crippen molar-refractivity contribution in [2.45, 2.75) is 6.54 Å². The van der Waals surface area contributed by atoms with Crippen LogP contribution in [0.15, 0.2) is 23.3 Å². The predicted octanol–water partition coefficient (Wildman–Crippen LogP) is -0.0446. The van der Waals surface area contributed by atoms with Gasteiger partial charge in [-0.3, -0.25) is 14.9 Å². The molecule has 1 aromatic heterocycles. The Balaban J connectivity index is 3.18. The SMILES string of the molecule is O=CCn1ccc(=O)c([N+](=O)[O-])c1. The molecule has 0 radical (unpaired) electrons. The summed E-state index contributed by atoms with van der Waals surface area (Å²) in [4.78, 5) is 30.5. The summed E-state index contributed by atoms with van der Waals surface area (Å²) in [5, 5.41) is 10.3. The average Bonchev–Trinajstić information content (AvgIpc) is 2.08. The van der Waals surface area contributed by atoms with Crippen molar-refractivity contribution in [3.63, 3.8) is 0 Å². The molecule has 0 aromatic carbocycles. The maximum Gasteiger partial charge on any atom is 0.332 e. The lowest BCUT2D eigenvalue weighted by molar-refractivity contribution is -0.386. The van der Waals surface area contributed by atoms with Gasteiger partial charge in [0.1, 0.15) is 6.29 Å². The van der Waals surface area contributed by atoms with Crippen LogP contribution in [-0.2, 0) is 11.3 Å². The number of nitrogens with zero attached hydrogens (tertiary/aromatic N) is 2. The minimum absolute atomic E-state index is 0.00111. The van der Waals surface area contributed by atoms with Crippen molar-refractivity contribution in [1.29, 1.82) is 0 Å². The molecule has 0 aliphatic rings. The number of hydrogen-bond acceptors (Lipinski definition) is 4. The Morgan fingerprint density at radius 2 is 2.31 bits per heavy atom. The summed E-state index contributed by atoms with van der Waals surface area (Å²) < 4.78 is 1.27. The average molecular weight is 182 g/mol. The molecule has 1 aromatic rings. The zero-order valence-electron chi connectivity index (χ0n) is 6.54. The van der Waals surface area contributed by atoms with Crippen LogP contribution in [0.3, 0.4) is 0 Å². The minimum atomic E-state index is -0.774. The first kappa shape index (κ1) is 9.11. The monoisotopic (exact) mass is 182 g/mol. The second-order valence-corrected chi connectivity index (χ2v) is 2.31. The van der Waals surface area contributed by atoms with Crippen molar-refractivity contribution in [3.05, 3.63) is 38.8 Å². The summed E-state index contributed by atoms with van der Waals surface area (Å²) in [5.74, 6) is 0. The number of aldehydes is 1. The second kappa shape index (κ2) is 3.61. The first-order chi connectivity index (χ1) is 6.15. The molecule has 0 saturated heterocycles. The number of aromatic nitrogens is 1. The van der Waals surface area contributed by atoms with Crippen LogP contribution in [0.2, 0.25) is 0 Å². The van der Waals surface area contributed by atoms with Crippen molar-refractivity contribution < 1.29 is 9.72 Å². The van der Waals surface area contributed by atoms with Crippen molar-refractivity contribution in [1.82, 2.24) is 4.57 Å². The predicted molar refractivity (Wildman–Crippen MR) is 43.4 cm³/mol. The molecule has 1 rings (SSSR count). The third-order valence-electron chi connectivity index (χ3n) is 1.44. The zero-order valence-corrected chi connectivity index (χ0v) is 6.54. The Kier molecular flexibility index (Phi) is 2.53. The highest BCUT2D eigenvalue weighted by molar-refractivity contribution is 5.49. The van der Waals surface area contributed by atoms with Crippen LogP contribution in [-0.4, -0.2) is 15.8 Å². The van der Waals surface area contributed by atoms with Gasteiger partial charge in [-0.05, 0) is 0 Å². The lowest BCUT2D eigenvalue weighted by atomic mass is 10.4. The molecule has 0 aliphatic carbocycles. The molecular weight excluding hydrogens is 176 g/mol. The molecule has 0 aliphatic heterocycles. The maximum atomic E-state index is 10.9. The van der Waals surface area contributed by atoms with E-state index in [1.54, 1.807) is 0 Å². The van der Waals surface area contributed by atoms with Gasteiger partial charge >= 0.3 is 5.69 Å². The quantitative estimate of drug-likeness (QED) is 0.373. The highest BCUT2D eigenvalue weighted by Gasteiger charge is 2.10. The van der Waals surface area contributed by atoms with Gasteiger partial charge in [-0.15, -0.1) is 0 Å². The molecule has 0 spiro atoms. The Bertz CT molecular complexity index is 396. The molecule has 6 heteroatoms. The normalized spacial score (nSPS) is 9.54. The Hall–Kier alpha value is -1.98. The maximum absolute atomic E-state index is 10.9. The molecule has 0 unspecified atom stereocenters. The highest BCUT2D eigenvalue weighted by Crippen LogP contribution is 2.01. The fourth-order valence-corrected chi connectivity index (χ4v) is 0.849. The van der Waals surface area contributed by atoms with Crippen molar-refractivity contribution >= 4 is 12.0 Å². The van der Waals surface area contributed by atoms with E-state index in [2.05, 4.69) is 0 Å². The van der Waals surface area contributed by atoms with E-state index < -0.39 is 16.0 Å². The van der Waals surface area contributed by atoms with E-state index >= 15 is 0 Å². The molecule has 0 fully saturated rings. The molecule has 0 bridgehead atoms. The van der Waals surface area contributed by atoms with E-state index in [4.69, 9.17) is 0 Å². The molecule has 6 nitrogen and oxygen atoms in total. The van der Waals surface area contributed by atoms with Gasteiger partial charge in [0.15, 0.2) is 0 Å². The summed E-state index contributed by atoms with van der Waals surface area (Å²) in [7, 11) is 0. The lowest BCUT2D eigenvalue weighted by Gasteiger charge is -1.98. The third-order valence-corrected chi connectivity index (χ3v) is 1.44. The number of nitro groups is 1. The van der Waals surface area contributed by atoms with Gasteiger partial charge in [-0.1, -0.05) is 0 Å². The number of carbonyl (C=O) groups excluding carboxylic acids is 1.